The molecule has 0 saturated heterocycles. The number of hydrogen-bond donors (Lipinski definition) is 1. The summed E-state index contributed by atoms with van der Waals surface area (Å²) in [5, 5.41) is 19.0. The molecular formula is C26H36N6O4. The molecule has 0 bridgehead atoms. The van der Waals surface area contributed by atoms with E-state index in [4.69, 9.17) is 4.74 Å². The van der Waals surface area contributed by atoms with Crippen LogP contribution in [0.5, 0.6) is 0 Å². The number of ether oxygens (including phenoxy) is 1. The van der Waals surface area contributed by atoms with E-state index >= 15 is 0 Å². The van der Waals surface area contributed by atoms with E-state index in [1.807, 2.05) is 55.9 Å². The van der Waals surface area contributed by atoms with E-state index in [0.717, 1.165) is 16.6 Å². The number of likely N-dealkylation sites (N-methyl/N-ethyl adjacent to an activating group) is 1. The summed E-state index contributed by atoms with van der Waals surface area (Å²) in [6.07, 6.45) is 4.30. The zero-order chi connectivity index (χ0) is 25.8. The minimum Gasteiger partial charge on any atom is -0.394 e. The molecule has 1 aromatic carbocycles. The van der Waals surface area contributed by atoms with Crippen LogP contribution in [0.15, 0.2) is 36.7 Å². The van der Waals surface area contributed by atoms with Crippen LogP contribution in [0.3, 0.4) is 0 Å². The summed E-state index contributed by atoms with van der Waals surface area (Å²) >= 11 is 0. The van der Waals surface area contributed by atoms with Crippen molar-refractivity contribution < 1.29 is 19.4 Å². The van der Waals surface area contributed by atoms with Crippen LogP contribution in [-0.2, 0) is 29.7 Å². The van der Waals surface area contributed by atoms with Crippen molar-refractivity contribution in [1.29, 1.82) is 0 Å². The van der Waals surface area contributed by atoms with Crippen molar-refractivity contribution in [2.45, 2.75) is 52.0 Å². The molecule has 4 rings (SSSR count). The van der Waals surface area contributed by atoms with Gasteiger partial charge in [-0.05, 0) is 36.9 Å². The molecule has 0 radical (unpaired) electrons. The summed E-state index contributed by atoms with van der Waals surface area (Å²) in [6.45, 7) is 5.40. The fourth-order valence-electron chi connectivity index (χ4n) is 4.71. The summed E-state index contributed by atoms with van der Waals surface area (Å²) in [6, 6.07) is 7.43. The monoisotopic (exact) mass is 496 g/mol. The van der Waals surface area contributed by atoms with Crippen molar-refractivity contribution in [3.05, 3.63) is 47.9 Å². The minimum atomic E-state index is -0.346. The first-order valence-corrected chi connectivity index (χ1v) is 12.5. The summed E-state index contributed by atoms with van der Waals surface area (Å²) in [5.74, 6) is -0.189. The van der Waals surface area contributed by atoms with Crippen LogP contribution in [0.4, 0.5) is 0 Å². The van der Waals surface area contributed by atoms with Crippen LogP contribution in [0.2, 0.25) is 0 Å². The largest absolute Gasteiger partial charge is 0.394 e. The second-order valence-corrected chi connectivity index (χ2v) is 9.84. The zero-order valence-corrected chi connectivity index (χ0v) is 21.5. The molecule has 0 aliphatic carbocycles. The third-order valence-corrected chi connectivity index (χ3v) is 7.08. The molecule has 36 heavy (non-hydrogen) atoms. The Morgan fingerprint density at radius 2 is 2.14 bits per heavy atom. The van der Waals surface area contributed by atoms with Crippen LogP contribution in [0, 0.1) is 5.92 Å². The Hall–Kier alpha value is -3.24. The Bertz CT molecular complexity index is 1200. The van der Waals surface area contributed by atoms with Crippen LogP contribution in [0.1, 0.15) is 42.7 Å². The number of fused-ring (bicyclic) bond motifs is 2. The van der Waals surface area contributed by atoms with Gasteiger partial charge in [-0.15, -0.1) is 5.10 Å². The molecule has 1 aliphatic rings. The fraction of sp³-hybridized carbons (Fsp3) is 0.538. The second-order valence-electron chi connectivity index (χ2n) is 9.84. The molecular weight excluding hydrogens is 460 g/mol. The Balaban J connectivity index is 1.56. The van der Waals surface area contributed by atoms with Gasteiger partial charge in [0.25, 0.3) is 5.91 Å². The number of aliphatic hydroxyl groups is 1. The first-order chi connectivity index (χ1) is 17.3. The highest BCUT2D eigenvalue weighted by molar-refractivity contribution is 5.98. The van der Waals surface area contributed by atoms with E-state index in [2.05, 4.69) is 10.3 Å². The lowest BCUT2D eigenvalue weighted by atomic mass is 10.0. The van der Waals surface area contributed by atoms with E-state index in [1.165, 1.54) is 0 Å². The Labute approximate surface area is 211 Å². The van der Waals surface area contributed by atoms with Gasteiger partial charge in [-0.2, -0.15) is 0 Å². The summed E-state index contributed by atoms with van der Waals surface area (Å²) in [7, 11) is 3.73. The molecule has 3 heterocycles. The predicted octanol–water partition coefficient (Wildman–Crippen LogP) is 2.07. The molecule has 1 N–H and O–H groups in total. The fourth-order valence-corrected chi connectivity index (χ4v) is 4.71. The van der Waals surface area contributed by atoms with Crippen molar-refractivity contribution in [3.63, 3.8) is 0 Å². The van der Waals surface area contributed by atoms with Gasteiger partial charge in [-0.25, -0.2) is 4.68 Å². The quantitative estimate of drug-likeness (QED) is 0.580. The van der Waals surface area contributed by atoms with Crippen LogP contribution in [-0.4, -0.2) is 85.2 Å². The van der Waals surface area contributed by atoms with Gasteiger partial charge in [0, 0.05) is 63.3 Å². The Morgan fingerprint density at radius 1 is 1.33 bits per heavy atom. The molecule has 10 heteroatoms. The van der Waals surface area contributed by atoms with Crippen molar-refractivity contribution in [1.82, 2.24) is 29.4 Å². The molecule has 3 aromatic rings. The second kappa shape index (κ2) is 11.2. The summed E-state index contributed by atoms with van der Waals surface area (Å²) < 4.78 is 10.1. The van der Waals surface area contributed by atoms with Crippen molar-refractivity contribution in [3.8, 4) is 0 Å². The number of benzene rings is 1. The van der Waals surface area contributed by atoms with Crippen molar-refractivity contribution >= 4 is 22.7 Å². The number of carbonyl (C=O) groups is 2. The highest BCUT2D eigenvalue weighted by atomic mass is 16.5. The molecule has 0 unspecified atom stereocenters. The number of rotatable bonds is 5. The first-order valence-electron chi connectivity index (χ1n) is 12.5. The average molecular weight is 497 g/mol. The third-order valence-electron chi connectivity index (χ3n) is 7.08. The minimum absolute atomic E-state index is 0.00955. The third kappa shape index (κ3) is 5.60. The van der Waals surface area contributed by atoms with E-state index in [9.17, 15) is 14.7 Å². The Kier molecular flexibility index (Phi) is 8.05. The molecule has 0 fully saturated rings. The summed E-state index contributed by atoms with van der Waals surface area (Å²) in [4.78, 5) is 29.8. The normalized spacial score (nSPS) is 20.5. The number of aromatic nitrogens is 4. The number of carbonyl (C=O) groups excluding carboxylic acids is 2. The van der Waals surface area contributed by atoms with E-state index < -0.39 is 0 Å². The van der Waals surface area contributed by atoms with Crippen LogP contribution < -0.4 is 0 Å². The number of hydrogen-bond acceptors (Lipinski definition) is 6. The molecule has 2 aromatic heterocycles. The maximum Gasteiger partial charge on any atom is 0.253 e. The standard InChI is InChI=1S/C26H36N6O4/c1-18-14-31(19(2)16-33)25(34)6-5-10-32-22(13-27-28-32)17-36-24(18)15-30(4)26(35)21-8-7-20-9-11-29(3)23(20)12-21/h7-9,11-13,18-19,24,33H,5-6,10,14-17H2,1-4H3/t18-,19-,24+/m0/s1. The predicted molar refractivity (Wildman–Crippen MR) is 135 cm³/mol. The maximum absolute atomic E-state index is 13.3. The van der Waals surface area contributed by atoms with Crippen molar-refractivity contribution in [2.24, 2.45) is 13.0 Å². The Morgan fingerprint density at radius 3 is 2.92 bits per heavy atom. The van der Waals surface area contributed by atoms with Gasteiger partial charge in [0.2, 0.25) is 5.91 Å². The lowest BCUT2D eigenvalue weighted by Crippen LogP contribution is -2.48. The van der Waals surface area contributed by atoms with Gasteiger partial charge in [0.05, 0.1) is 37.3 Å². The molecule has 10 nitrogen and oxygen atoms in total. The maximum atomic E-state index is 13.3. The first kappa shape index (κ1) is 25.8. The van der Waals surface area contributed by atoms with E-state index in [1.54, 1.807) is 27.7 Å². The number of amides is 2. The molecule has 3 atom stereocenters. The number of nitrogens with zero attached hydrogens (tertiary/aromatic N) is 6. The van der Waals surface area contributed by atoms with Gasteiger partial charge >= 0.3 is 0 Å². The topological polar surface area (TPSA) is 106 Å². The van der Waals surface area contributed by atoms with Gasteiger partial charge in [0.15, 0.2) is 0 Å². The molecule has 0 spiro atoms. The van der Waals surface area contributed by atoms with Crippen molar-refractivity contribution in [2.75, 3.05) is 26.7 Å². The lowest BCUT2D eigenvalue weighted by Gasteiger charge is -2.35. The average Bonchev–Trinajstić information content (AvgIpc) is 3.48. The molecule has 194 valence electrons. The van der Waals surface area contributed by atoms with E-state index in [0.29, 0.717) is 44.6 Å². The zero-order valence-electron chi connectivity index (χ0n) is 21.5. The van der Waals surface area contributed by atoms with Gasteiger partial charge in [0.1, 0.15) is 0 Å². The molecule has 0 saturated carbocycles. The van der Waals surface area contributed by atoms with Gasteiger partial charge in [-0.1, -0.05) is 18.2 Å². The SMILES string of the molecule is C[C@H]1CN([C@@H](C)CO)C(=O)CCCn2nncc2CO[C@@H]1CN(C)C(=O)c1ccc2ccn(C)c2c1. The van der Waals surface area contributed by atoms with Gasteiger partial charge in [-0.3, -0.25) is 9.59 Å². The summed E-state index contributed by atoms with van der Waals surface area (Å²) in [5.41, 5.74) is 2.45. The number of aryl methyl sites for hydroxylation is 2. The number of aliphatic hydroxyl groups excluding tert-OH is 1. The highest BCUT2D eigenvalue weighted by Crippen LogP contribution is 2.21. The smallest absolute Gasteiger partial charge is 0.253 e. The van der Waals surface area contributed by atoms with Crippen LogP contribution >= 0.6 is 0 Å². The van der Waals surface area contributed by atoms with Gasteiger partial charge < -0.3 is 24.2 Å². The molecule has 1 aliphatic heterocycles. The highest BCUT2D eigenvalue weighted by Gasteiger charge is 2.29. The van der Waals surface area contributed by atoms with E-state index in [-0.39, 0.29) is 36.5 Å². The molecule has 2 amide bonds. The lowest BCUT2D eigenvalue weighted by molar-refractivity contribution is -0.136. The van der Waals surface area contributed by atoms with Crippen LogP contribution in [0.25, 0.3) is 10.9 Å².